The van der Waals surface area contributed by atoms with Gasteiger partial charge in [-0.3, -0.25) is 19.9 Å². The van der Waals surface area contributed by atoms with Gasteiger partial charge in [-0.1, -0.05) is 54.6 Å². The SMILES string of the molecule is c1cc(-c2ccncc2)cc(-c2ccc3c(c2)c2cnccc2n3-c2cccc(-n3c4ccncc4c4cc(-c5cccc(-c6ccncc6)c5)ccc43)c2)c1. The highest BCUT2D eigenvalue weighted by Crippen LogP contribution is 2.38. The standard InChI is InChI=1S/C50H32N6/c1-4-35(33-14-20-51-21-15-33)26-37(6-1)39-10-12-47-43(28-39)45-31-53-24-18-49(45)55(47)41-8-3-9-42(30-41)56-48-13-11-40(29-44(48)46-32-54-25-19-50(46)56)38-7-2-5-36(27-38)34-16-22-52-23-17-34/h1-32H. The summed E-state index contributed by atoms with van der Waals surface area (Å²) in [5.41, 5.74) is 15.9. The predicted molar refractivity (Wildman–Crippen MR) is 228 cm³/mol. The van der Waals surface area contributed by atoms with Crippen LogP contribution in [-0.4, -0.2) is 29.1 Å². The first-order valence-corrected chi connectivity index (χ1v) is 18.7. The molecule has 0 fully saturated rings. The van der Waals surface area contributed by atoms with E-state index in [1.54, 1.807) is 0 Å². The molecule has 6 aromatic heterocycles. The Balaban J connectivity index is 1.03. The van der Waals surface area contributed by atoms with E-state index in [4.69, 9.17) is 0 Å². The topological polar surface area (TPSA) is 61.4 Å². The number of aromatic nitrogens is 6. The van der Waals surface area contributed by atoms with Crippen molar-refractivity contribution in [2.24, 2.45) is 0 Å². The summed E-state index contributed by atoms with van der Waals surface area (Å²) in [6.45, 7) is 0. The fraction of sp³-hybridized carbons (Fsp3) is 0. The Morgan fingerprint density at radius 3 is 1.11 bits per heavy atom. The molecule has 0 aliphatic carbocycles. The average molecular weight is 717 g/mol. The van der Waals surface area contributed by atoms with Crippen molar-refractivity contribution in [3.05, 3.63) is 195 Å². The molecule has 0 saturated carbocycles. The van der Waals surface area contributed by atoms with Gasteiger partial charge in [0.2, 0.25) is 0 Å². The largest absolute Gasteiger partial charge is 0.309 e. The summed E-state index contributed by atoms with van der Waals surface area (Å²) in [7, 11) is 0. The van der Waals surface area contributed by atoms with Crippen LogP contribution in [0.3, 0.4) is 0 Å². The third-order valence-electron chi connectivity index (χ3n) is 10.9. The lowest BCUT2D eigenvalue weighted by molar-refractivity contribution is 1.13. The average Bonchev–Trinajstić information content (AvgIpc) is 3.79. The number of hydrogen-bond donors (Lipinski definition) is 0. The Labute approximate surface area is 322 Å². The van der Waals surface area contributed by atoms with Gasteiger partial charge in [-0.05, 0) is 136 Å². The van der Waals surface area contributed by atoms with Crippen LogP contribution in [0.4, 0.5) is 0 Å². The monoisotopic (exact) mass is 716 g/mol. The lowest BCUT2D eigenvalue weighted by atomic mass is 9.98. The van der Waals surface area contributed by atoms with Crippen LogP contribution in [0.15, 0.2) is 195 Å². The van der Waals surface area contributed by atoms with Gasteiger partial charge in [0.15, 0.2) is 0 Å². The van der Waals surface area contributed by atoms with Crippen molar-refractivity contribution < 1.29 is 0 Å². The van der Waals surface area contributed by atoms with E-state index < -0.39 is 0 Å². The second kappa shape index (κ2) is 13.0. The lowest BCUT2D eigenvalue weighted by Gasteiger charge is -2.13. The molecule has 0 aliphatic heterocycles. The van der Waals surface area contributed by atoms with Crippen molar-refractivity contribution in [2.45, 2.75) is 0 Å². The Morgan fingerprint density at radius 2 is 0.643 bits per heavy atom. The molecule has 6 nitrogen and oxygen atoms in total. The fourth-order valence-electron chi connectivity index (χ4n) is 8.26. The minimum absolute atomic E-state index is 1.08. The molecule has 11 rings (SSSR count). The zero-order valence-corrected chi connectivity index (χ0v) is 30.2. The summed E-state index contributed by atoms with van der Waals surface area (Å²) in [5.74, 6) is 0. The molecule has 0 N–H and O–H groups in total. The highest BCUT2D eigenvalue weighted by molar-refractivity contribution is 6.11. The Bertz CT molecular complexity index is 3040. The molecule has 0 atom stereocenters. The van der Waals surface area contributed by atoms with Crippen molar-refractivity contribution in [3.63, 3.8) is 0 Å². The van der Waals surface area contributed by atoms with Gasteiger partial charge in [0, 0.05) is 82.5 Å². The summed E-state index contributed by atoms with van der Waals surface area (Å²) in [6.07, 6.45) is 15.1. The molecule has 0 aliphatic rings. The molecule has 262 valence electrons. The third kappa shape index (κ3) is 5.27. The van der Waals surface area contributed by atoms with Crippen LogP contribution in [0, 0.1) is 0 Å². The second-order valence-electron chi connectivity index (χ2n) is 14.1. The maximum Gasteiger partial charge on any atom is 0.0571 e. The zero-order valence-electron chi connectivity index (χ0n) is 30.2. The number of hydrogen-bond acceptors (Lipinski definition) is 4. The van der Waals surface area contributed by atoms with Gasteiger partial charge < -0.3 is 9.13 Å². The van der Waals surface area contributed by atoms with Crippen LogP contribution in [0.1, 0.15) is 0 Å². The van der Waals surface area contributed by atoms with E-state index in [2.05, 4.69) is 150 Å². The summed E-state index contributed by atoms with van der Waals surface area (Å²) in [5, 5.41) is 4.55. The Hall–Kier alpha value is -7.70. The van der Waals surface area contributed by atoms with E-state index in [-0.39, 0.29) is 0 Å². The summed E-state index contributed by atoms with van der Waals surface area (Å²) >= 11 is 0. The predicted octanol–water partition coefficient (Wildman–Crippen LogP) is 12.1. The summed E-state index contributed by atoms with van der Waals surface area (Å²) in [6, 6.07) is 52.2. The number of benzene rings is 5. The van der Waals surface area contributed by atoms with Gasteiger partial charge in [0.1, 0.15) is 0 Å². The molecule has 0 saturated heterocycles. The van der Waals surface area contributed by atoms with E-state index in [1.807, 2.05) is 73.8 Å². The number of nitrogens with zero attached hydrogens (tertiary/aromatic N) is 6. The molecule has 6 heterocycles. The first-order chi connectivity index (χ1) is 27.8. The number of pyridine rings is 4. The minimum atomic E-state index is 1.08. The molecule has 0 bridgehead atoms. The molecule has 0 radical (unpaired) electrons. The van der Waals surface area contributed by atoms with Crippen molar-refractivity contribution >= 4 is 43.6 Å². The second-order valence-corrected chi connectivity index (χ2v) is 14.1. The number of rotatable bonds is 6. The molecular weight excluding hydrogens is 685 g/mol. The van der Waals surface area contributed by atoms with Gasteiger partial charge in [0.05, 0.1) is 22.1 Å². The number of fused-ring (bicyclic) bond motifs is 6. The molecule has 11 aromatic rings. The normalized spacial score (nSPS) is 11.6. The Kier molecular flexibility index (Phi) is 7.38. The van der Waals surface area contributed by atoms with Crippen LogP contribution in [0.25, 0.3) is 99.5 Å². The van der Waals surface area contributed by atoms with Crippen molar-refractivity contribution in [1.29, 1.82) is 0 Å². The summed E-state index contributed by atoms with van der Waals surface area (Å²) in [4.78, 5) is 17.5. The highest BCUT2D eigenvalue weighted by Gasteiger charge is 2.17. The molecule has 5 aromatic carbocycles. The van der Waals surface area contributed by atoms with Crippen molar-refractivity contribution in [2.75, 3.05) is 0 Å². The molecular formula is C50H32N6. The molecule has 56 heavy (non-hydrogen) atoms. The van der Waals surface area contributed by atoms with E-state index in [1.165, 1.54) is 11.1 Å². The maximum atomic E-state index is 4.57. The van der Waals surface area contributed by atoms with Crippen LogP contribution >= 0.6 is 0 Å². The van der Waals surface area contributed by atoms with E-state index >= 15 is 0 Å². The third-order valence-corrected chi connectivity index (χ3v) is 10.9. The minimum Gasteiger partial charge on any atom is -0.309 e. The van der Waals surface area contributed by atoms with Crippen LogP contribution in [0.5, 0.6) is 0 Å². The zero-order chi connectivity index (χ0) is 37.0. The van der Waals surface area contributed by atoms with Gasteiger partial charge in [-0.2, -0.15) is 0 Å². The highest BCUT2D eigenvalue weighted by atomic mass is 15.0. The Morgan fingerprint density at radius 1 is 0.268 bits per heavy atom. The van der Waals surface area contributed by atoms with E-state index in [9.17, 15) is 0 Å². The van der Waals surface area contributed by atoms with Crippen molar-refractivity contribution in [3.8, 4) is 55.9 Å². The van der Waals surface area contributed by atoms with Gasteiger partial charge in [-0.25, -0.2) is 0 Å². The first kappa shape index (κ1) is 31.8. The smallest absolute Gasteiger partial charge is 0.0571 e. The lowest BCUT2D eigenvalue weighted by Crippen LogP contribution is -1.98. The first-order valence-electron chi connectivity index (χ1n) is 18.7. The van der Waals surface area contributed by atoms with Crippen molar-refractivity contribution in [1.82, 2.24) is 29.1 Å². The van der Waals surface area contributed by atoms with Gasteiger partial charge >= 0.3 is 0 Å². The van der Waals surface area contributed by atoms with E-state index in [0.717, 1.165) is 88.4 Å². The molecule has 6 heteroatoms. The maximum absolute atomic E-state index is 4.57. The van der Waals surface area contributed by atoms with Crippen LogP contribution < -0.4 is 0 Å². The van der Waals surface area contributed by atoms with E-state index in [0.29, 0.717) is 0 Å². The van der Waals surface area contributed by atoms with Gasteiger partial charge in [-0.15, -0.1) is 0 Å². The fourth-order valence-corrected chi connectivity index (χ4v) is 8.26. The van der Waals surface area contributed by atoms with Crippen LogP contribution in [0.2, 0.25) is 0 Å². The molecule has 0 unspecified atom stereocenters. The quantitative estimate of drug-likeness (QED) is 0.172. The van der Waals surface area contributed by atoms with Crippen LogP contribution in [-0.2, 0) is 0 Å². The summed E-state index contributed by atoms with van der Waals surface area (Å²) < 4.78 is 4.71. The molecule has 0 amide bonds. The molecule has 0 spiro atoms. The van der Waals surface area contributed by atoms with Gasteiger partial charge in [0.25, 0.3) is 0 Å².